The van der Waals surface area contributed by atoms with E-state index in [-0.39, 0.29) is 12.6 Å². The van der Waals surface area contributed by atoms with Crippen LogP contribution in [-0.2, 0) is 20.7 Å². The highest BCUT2D eigenvalue weighted by molar-refractivity contribution is 5.89. The number of piperidine rings is 1. The number of rotatable bonds is 5. The molecular formula is C23H27N2O3+. The molecule has 4 rings (SSSR count). The van der Waals surface area contributed by atoms with Gasteiger partial charge >= 0.3 is 11.9 Å². The van der Waals surface area contributed by atoms with Gasteiger partial charge in [-0.05, 0) is 12.0 Å². The quantitative estimate of drug-likeness (QED) is 0.592. The van der Waals surface area contributed by atoms with Crippen molar-refractivity contribution in [3.05, 3.63) is 66.2 Å². The van der Waals surface area contributed by atoms with Gasteiger partial charge < -0.3 is 14.4 Å². The molecule has 0 saturated carbocycles. The minimum absolute atomic E-state index is 0.0318. The summed E-state index contributed by atoms with van der Waals surface area (Å²) in [5.74, 6) is 0.299. The summed E-state index contributed by atoms with van der Waals surface area (Å²) in [6.45, 7) is 3.54. The maximum atomic E-state index is 11.8. The van der Waals surface area contributed by atoms with E-state index in [1.54, 1.807) is 0 Å². The van der Waals surface area contributed by atoms with Crippen LogP contribution >= 0.6 is 0 Å². The van der Waals surface area contributed by atoms with E-state index in [0.29, 0.717) is 18.5 Å². The first-order valence-corrected chi connectivity index (χ1v) is 10.0. The minimum atomic E-state index is -0.317. The lowest BCUT2D eigenvalue weighted by Gasteiger charge is -2.31. The highest BCUT2D eigenvalue weighted by Gasteiger charge is 2.35. The van der Waals surface area contributed by atoms with Crippen molar-refractivity contribution >= 4 is 17.6 Å². The van der Waals surface area contributed by atoms with E-state index in [1.165, 1.54) is 5.56 Å². The van der Waals surface area contributed by atoms with E-state index >= 15 is 0 Å². The molecule has 0 amide bonds. The Kier molecular flexibility index (Phi) is 6.14. The van der Waals surface area contributed by atoms with Crippen molar-refractivity contribution in [1.82, 2.24) is 4.90 Å². The zero-order valence-corrected chi connectivity index (χ0v) is 16.1. The van der Waals surface area contributed by atoms with E-state index in [1.807, 2.05) is 18.2 Å². The van der Waals surface area contributed by atoms with Gasteiger partial charge in [0.25, 0.3) is 0 Å². The molecule has 0 aliphatic carbocycles. The molecule has 0 N–H and O–H groups in total. The van der Waals surface area contributed by atoms with Crippen LogP contribution in [0.2, 0.25) is 0 Å². The van der Waals surface area contributed by atoms with Gasteiger partial charge in [0.2, 0.25) is 5.69 Å². The Morgan fingerprint density at radius 3 is 2.29 bits per heavy atom. The van der Waals surface area contributed by atoms with Crippen molar-refractivity contribution in [3.63, 3.8) is 0 Å². The summed E-state index contributed by atoms with van der Waals surface area (Å²) in [6, 6.07) is 21.1. The molecule has 0 bridgehead atoms. The second-order valence-corrected chi connectivity index (χ2v) is 7.37. The van der Waals surface area contributed by atoms with Crippen LogP contribution in [0.5, 0.6) is 0 Å². The average Bonchev–Trinajstić information content (AvgIpc) is 2.75. The first-order chi connectivity index (χ1) is 13.8. The molecule has 0 aromatic heterocycles. The maximum Gasteiger partial charge on any atom is 0.377 e. The summed E-state index contributed by atoms with van der Waals surface area (Å²) in [5.41, 5.74) is 2.44. The van der Waals surface area contributed by atoms with Crippen LogP contribution in [0.4, 0.5) is 5.69 Å². The monoisotopic (exact) mass is 379 g/mol. The van der Waals surface area contributed by atoms with Gasteiger partial charge in [0, 0.05) is 44.6 Å². The number of benzene rings is 2. The molecule has 5 nitrogen and oxygen atoms in total. The van der Waals surface area contributed by atoms with Crippen LogP contribution in [0.15, 0.2) is 60.7 Å². The third kappa shape index (κ3) is 4.66. The standard InChI is InChI=1S/C23H27N2O3/c26-23-18-27-17-22(28-23)25(20-9-5-2-6-10-20)21-12-15-24(16-13-21)14-11-19-7-3-1-4-8-19/h1-10,21H,11-18H2/q+1. The summed E-state index contributed by atoms with van der Waals surface area (Å²) >= 11 is 0. The molecule has 0 radical (unpaired) electrons. The second kappa shape index (κ2) is 9.13. The number of para-hydroxylation sites is 1. The van der Waals surface area contributed by atoms with Crippen LogP contribution in [0.1, 0.15) is 18.4 Å². The van der Waals surface area contributed by atoms with Crippen molar-refractivity contribution in [2.24, 2.45) is 0 Å². The molecule has 2 aromatic carbocycles. The number of hydrogen-bond donors (Lipinski definition) is 0. The minimum Gasteiger partial charge on any atom is -0.371 e. The molecule has 146 valence electrons. The summed E-state index contributed by atoms with van der Waals surface area (Å²) in [7, 11) is 0. The molecule has 2 heterocycles. The molecule has 2 aliphatic heterocycles. The summed E-state index contributed by atoms with van der Waals surface area (Å²) < 4.78 is 13.2. The van der Waals surface area contributed by atoms with Gasteiger partial charge in [0.1, 0.15) is 6.61 Å². The molecule has 2 fully saturated rings. The lowest BCUT2D eigenvalue weighted by Crippen LogP contribution is -2.44. The highest BCUT2D eigenvalue weighted by atomic mass is 16.6. The van der Waals surface area contributed by atoms with Crippen molar-refractivity contribution in [2.45, 2.75) is 25.3 Å². The SMILES string of the molecule is O=C1COCC(=[N+](c2ccccc2)C2CCN(CCc3ccccc3)CC2)O1. The lowest BCUT2D eigenvalue weighted by molar-refractivity contribution is -0.500. The van der Waals surface area contributed by atoms with Crippen LogP contribution in [0.25, 0.3) is 0 Å². The lowest BCUT2D eigenvalue weighted by atomic mass is 10.0. The fourth-order valence-corrected chi connectivity index (χ4v) is 4.01. The average molecular weight is 379 g/mol. The van der Waals surface area contributed by atoms with E-state index in [0.717, 1.165) is 44.6 Å². The summed E-state index contributed by atoms with van der Waals surface area (Å²) in [4.78, 5) is 14.3. The molecule has 2 aromatic rings. The molecular weight excluding hydrogens is 352 g/mol. The smallest absolute Gasteiger partial charge is 0.371 e. The van der Waals surface area contributed by atoms with E-state index in [9.17, 15) is 4.79 Å². The Hall–Kier alpha value is -2.50. The Balaban J connectivity index is 1.44. The van der Waals surface area contributed by atoms with Gasteiger partial charge in [-0.1, -0.05) is 48.5 Å². The van der Waals surface area contributed by atoms with Gasteiger partial charge in [-0.2, -0.15) is 4.58 Å². The Morgan fingerprint density at radius 2 is 1.61 bits per heavy atom. The second-order valence-electron chi connectivity index (χ2n) is 7.37. The largest absolute Gasteiger partial charge is 0.377 e. The van der Waals surface area contributed by atoms with Crippen molar-refractivity contribution in [3.8, 4) is 0 Å². The van der Waals surface area contributed by atoms with Gasteiger partial charge in [0.05, 0.1) is 0 Å². The topological polar surface area (TPSA) is 41.8 Å². The van der Waals surface area contributed by atoms with E-state index < -0.39 is 0 Å². The van der Waals surface area contributed by atoms with E-state index in [2.05, 4.69) is 51.9 Å². The fourth-order valence-electron chi connectivity index (χ4n) is 4.01. The number of hydrogen-bond acceptors (Lipinski definition) is 4. The van der Waals surface area contributed by atoms with Crippen LogP contribution in [-0.4, -0.2) is 60.2 Å². The number of carbonyl (C=O) groups excluding carboxylic acids is 1. The number of carbonyl (C=O) groups is 1. The Morgan fingerprint density at radius 1 is 0.929 bits per heavy atom. The number of cyclic esters (lactones) is 1. The molecule has 2 aliphatic rings. The Bertz CT molecular complexity index is 812. The molecule has 2 saturated heterocycles. The first kappa shape index (κ1) is 18.8. The molecule has 0 atom stereocenters. The van der Waals surface area contributed by atoms with Crippen molar-refractivity contribution in [2.75, 3.05) is 32.8 Å². The van der Waals surface area contributed by atoms with Gasteiger partial charge in [0.15, 0.2) is 12.6 Å². The number of esters is 1. The van der Waals surface area contributed by atoms with Crippen molar-refractivity contribution < 1.29 is 18.8 Å². The first-order valence-electron chi connectivity index (χ1n) is 10.0. The van der Waals surface area contributed by atoms with Crippen LogP contribution < -0.4 is 0 Å². The zero-order valence-electron chi connectivity index (χ0n) is 16.1. The van der Waals surface area contributed by atoms with Crippen LogP contribution in [0, 0.1) is 0 Å². The highest BCUT2D eigenvalue weighted by Crippen LogP contribution is 2.23. The molecule has 28 heavy (non-hydrogen) atoms. The normalized spacial score (nSPS) is 20.6. The zero-order chi connectivity index (χ0) is 19.2. The van der Waals surface area contributed by atoms with Crippen molar-refractivity contribution in [1.29, 1.82) is 0 Å². The molecule has 5 heteroatoms. The third-order valence-corrected chi connectivity index (χ3v) is 5.46. The molecule has 0 spiro atoms. The number of likely N-dealkylation sites (tertiary alicyclic amines) is 1. The summed E-state index contributed by atoms with van der Waals surface area (Å²) in [6.07, 6.45) is 3.15. The molecule has 0 unspecified atom stereocenters. The maximum absolute atomic E-state index is 11.8. The number of nitrogens with zero attached hydrogens (tertiary/aromatic N) is 2. The predicted octanol–water partition coefficient (Wildman–Crippen LogP) is 3.01. The van der Waals surface area contributed by atoms with Gasteiger partial charge in [-0.3, -0.25) is 0 Å². The van der Waals surface area contributed by atoms with E-state index in [4.69, 9.17) is 9.47 Å². The third-order valence-electron chi connectivity index (χ3n) is 5.46. The fraction of sp³-hybridized carbons (Fsp3) is 0.391. The predicted molar refractivity (Wildman–Crippen MR) is 108 cm³/mol. The Labute approximate surface area is 166 Å². The summed E-state index contributed by atoms with van der Waals surface area (Å²) in [5, 5.41) is 0. The van der Waals surface area contributed by atoms with Gasteiger partial charge in [-0.25, -0.2) is 4.79 Å². The van der Waals surface area contributed by atoms with Crippen LogP contribution in [0.3, 0.4) is 0 Å². The van der Waals surface area contributed by atoms with Gasteiger partial charge in [-0.15, -0.1) is 0 Å². The number of ether oxygens (including phenoxy) is 2.